The number of rotatable bonds is 4. The molecule has 1 aromatic carbocycles. The zero-order chi connectivity index (χ0) is 20.0. The summed E-state index contributed by atoms with van der Waals surface area (Å²) >= 11 is 0. The molecule has 5 rings (SSSR count). The average Bonchev–Trinajstić information content (AvgIpc) is 3.19. The second-order valence-electron chi connectivity index (χ2n) is 9.01. The van der Waals surface area contributed by atoms with E-state index in [1.165, 1.54) is 24.8 Å². The van der Waals surface area contributed by atoms with Gasteiger partial charge >= 0.3 is 0 Å². The molecule has 3 aliphatic heterocycles. The van der Waals surface area contributed by atoms with E-state index in [1.807, 2.05) is 7.05 Å². The van der Waals surface area contributed by atoms with E-state index in [9.17, 15) is 8.42 Å². The van der Waals surface area contributed by atoms with Crippen molar-refractivity contribution < 1.29 is 8.42 Å². The van der Waals surface area contributed by atoms with Crippen LogP contribution in [-0.2, 0) is 23.5 Å². The highest BCUT2D eigenvalue weighted by molar-refractivity contribution is 7.89. The van der Waals surface area contributed by atoms with Gasteiger partial charge in [-0.05, 0) is 49.6 Å². The van der Waals surface area contributed by atoms with Crippen molar-refractivity contribution in [2.45, 2.75) is 49.2 Å². The molecule has 0 unspecified atom stereocenters. The number of piperidine rings is 3. The van der Waals surface area contributed by atoms with E-state index < -0.39 is 10.0 Å². The van der Waals surface area contributed by atoms with Gasteiger partial charge in [0.25, 0.3) is 10.0 Å². The number of hydrogen-bond acceptors (Lipinski definition) is 4. The summed E-state index contributed by atoms with van der Waals surface area (Å²) in [7, 11) is -1.72. The van der Waals surface area contributed by atoms with Gasteiger partial charge in [0.15, 0.2) is 5.03 Å². The molecule has 0 saturated carbocycles. The number of nitrogens with zero attached hydrogens (tertiary/aromatic N) is 4. The van der Waals surface area contributed by atoms with Crippen molar-refractivity contribution in [2.24, 2.45) is 18.9 Å². The normalized spacial score (nSPS) is 30.8. The van der Waals surface area contributed by atoms with Crippen molar-refractivity contribution in [3.8, 4) is 0 Å². The lowest BCUT2D eigenvalue weighted by atomic mass is 9.71. The van der Waals surface area contributed by atoms with E-state index in [1.54, 1.807) is 21.4 Å². The molecule has 2 aromatic rings. The van der Waals surface area contributed by atoms with Gasteiger partial charge in [-0.25, -0.2) is 13.4 Å². The molecule has 6 nitrogen and oxygen atoms in total. The van der Waals surface area contributed by atoms with E-state index in [0.29, 0.717) is 37.0 Å². The molecular formula is C22H30N4O2S. The summed E-state index contributed by atoms with van der Waals surface area (Å²) in [5.41, 5.74) is 1.35. The fraction of sp³-hybridized carbons (Fsp3) is 0.591. The molecule has 2 bridgehead atoms. The minimum atomic E-state index is -3.53. The SMILES string of the molecule is Cn1cnc(S(=O)(=O)N2C[C@H]3C[C@@H](C2)[C@H](Cc2ccccc2)N2CCCC[C@@H]32)c1. The van der Waals surface area contributed by atoms with Crippen LogP contribution in [0.2, 0.25) is 0 Å². The Morgan fingerprint density at radius 1 is 1.10 bits per heavy atom. The molecule has 4 atom stereocenters. The van der Waals surface area contributed by atoms with Crippen molar-refractivity contribution >= 4 is 10.0 Å². The maximum Gasteiger partial charge on any atom is 0.262 e. The van der Waals surface area contributed by atoms with Gasteiger partial charge in [0.2, 0.25) is 0 Å². The van der Waals surface area contributed by atoms with Gasteiger partial charge in [-0.1, -0.05) is 36.8 Å². The summed E-state index contributed by atoms with van der Waals surface area (Å²) in [5.74, 6) is 0.807. The number of benzene rings is 1. The summed E-state index contributed by atoms with van der Waals surface area (Å²) < 4.78 is 30.0. The average molecular weight is 415 g/mol. The number of aromatic nitrogens is 2. The number of hydrogen-bond donors (Lipinski definition) is 0. The molecule has 0 N–H and O–H groups in total. The van der Waals surface area contributed by atoms with Crippen LogP contribution in [-0.4, -0.2) is 58.9 Å². The van der Waals surface area contributed by atoms with Crippen molar-refractivity contribution in [3.63, 3.8) is 0 Å². The monoisotopic (exact) mass is 414 g/mol. The van der Waals surface area contributed by atoms with Crippen LogP contribution in [0.4, 0.5) is 0 Å². The van der Waals surface area contributed by atoms with Crippen LogP contribution in [0.5, 0.6) is 0 Å². The second-order valence-corrected chi connectivity index (χ2v) is 10.9. The molecule has 0 amide bonds. The summed E-state index contributed by atoms with van der Waals surface area (Å²) in [6.45, 7) is 2.40. The Hall–Kier alpha value is -1.70. The summed E-state index contributed by atoms with van der Waals surface area (Å²) in [6.07, 6.45) is 9.05. The molecule has 29 heavy (non-hydrogen) atoms. The standard InChI is InChI=1S/C22H30N4O2S/c1-24-15-22(23-16-24)29(27,28)25-13-18-12-19(14-25)21(11-17-7-3-2-4-8-17)26-10-6-5-9-20(18)26/h2-4,7-8,15-16,18-21H,5-6,9-14H2,1H3/t18-,19+,20+,21+/m1/s1. The van der Waals surface area contributed by atoms with Gasteiger partial charge in [-0.3, -0.25) is 4.90 Å². The first-order chi connectivity index (χ1) is 14.0. The maximum atomic E-state index is 13.3. The lowest BCUT2D eigenvalue weighted by Gasteiger charge is -2.56. The fourth-order valence-electron chi connectivity index (χ4n) is 5.85. The Balaban J connectivity index is 1.45. The van der Waals surface area contributed by atoms with Crippen molar-refractivity contribution in [2.75, 3.05) is 19.6 Å². The van der Waals surface area contributed by atoms with Crippen LogP contribution in [0, 0.1) is 11.8 Å². The molecule has 3 saturated heterocycles. The van der Waals surface area contributed by atoms with Gasteiger partial charge in [0, 0.05) is 38.4 Å². The quantitative estimate of drug-likeness (QED) is 0.771. The third-order valence-electron chi connectivity index (χ3n) is 7.16. The smallest absolute Gasteiger partial charge is 0.262 e. The Labute approximate surface area is 173 Å². The number of aryl methyl sites for hydroxylation is 1. The topological polar surface area (TPSA) is 58.4 Å². The van der Waals surface area contributed by atoms with E-state index in [2.05, 4.69) is 40.2 Å². The Morgan fingerprint density at radius 3 is 2.66 bits per heavy atom. The second kappa shape index (κ2) is 7.52. The largest absolute Gasteiger partial charge is 0.339 e. The molecule has 0 radical (unpaired) electrons. The van der Waals surface area contributed by atoms with E-state index in [-0.39, 0.29) is 5.03 Å². The maximum absolute atomic E-state index is 13.3. The molecule has 156 valence electrons. The Morgan fingerprint density at radius 2 is 1.90 bits per heavy atom. The van der Waals surface area contributed by atoms with Gasteiger partial charge in [-0.15, -0.1) is 0 Å². The first-order valence-electron chi connectivity index (χ1n) is 10.8. The highest BCUT2D eigenvalue weighted by Gasteiger charge is 2.49. The Bertz CT molecular complexity index is 958. The minimum absolute atomic E-state index is 0.181. The lowest BCUT2D eigenvalue weighted by molar-refractivity contribution is -0.0550. The summed E-state index contributed by atoms with van der Waals surface area (Å²) in [6, 6.07) is 11.6. The fourth-order valence-corrected chi connectivity index (χ4v) is 7.37. The van der Waals surface area contributed by atoms with Crippen molar-refractivity contribution in [1.82, 2.24) is 18.8 Å². The van der Waals surface area contributed by atoms with Crippen LogP contribution in [0.3, 0.4) is 0 Å². The number of fused-ring (bicyclic) bond motifs is 4. The highest BCUT2D eigenvalue weighted by Crippen LogP contribution is 2.43. The molecule has 1 aromatic heterocycles. The first-order valence-corrected chi connectivity index (χ1v) is 12.2. The molecule has 4 heterocycles. The molecule has 0 aliphatic carbocycles. The third-order valence-corrected chi connectivity index (χ3v) is 8.88. The molecular weight excluding hydrogens is 384 g/mol. The zero-order valence-electron chi connectivity index (χ0n) is 17.0. The van der Waals surface area contributed by atoms with Gasteiger partial charge < -0.3 is 4.57 Å². The third kappa shape index (κ3) is 3.53. The van der Waals surface area contributed by atoms with Gasteiger partial charge in [-0.2, -0.15) is 4.31 Å². The Kier molecular flexibility index (Phi) is 5.00. The van der Waals surface area contributed by atoms with Crippen molar-refractivity contribution in [1.29, 1.82) is 0 Å². The van der Waals surface area contributed by atoms with Crippen LogP contribution < -0.4 is 0 Å². The van der Waals surface area contributed by atoms with E-state index in [4.69, 9.17) is 0 Å². The van der Waals surface area contributed by atoms with E-state index in [0.717, 1.165) is 19.4 Å². The summed E-state index contributed by atoms with van der Waals surface area (Å²) in [5, 5.41) is 0.181. The van der Waals surface area contributed by atoms with Crippen LogP contribution in [0.15, 0.2) is 47.9 Å². The summed E-state index contributed by atoms with van der Waals surface area (Å²) in [4.78, 5) is 6.88. The highest BCUT2D eigenvalue weighted by atomic mass is 32.2. The van der Waals surface area contributed by atoms with Crippen LogP contribution in [0.25, 0.3) is 0 Å². The number of imidazole rings is 1. The first kappa shape index (κ1) is 19.3. The van der Waals surface area contributed by atoms with Crippen molar-refractivity contribution in [3.05, 3.63) is 48.4 Å². The predicted octanol–water partition coefficient (Wildman–Crippen LogP) is 2.53. The molecule has 0 spiro atoms. The van der Waals surface area contributed by atoms with Crippen LogP contribution >= 0.6 is 0 Å². The molecule has 3 fully saturated rings. The van der Waals surface area contributed by atoms with Gasteiger partial charge in [0.05, 0.1) is 6.33 Å². The number of sulfonamides is 1. The predicted molar refractivity (Wildman–Crippen MR) is 112 cm³/mol. The lowest BCUT2D eigenvalue weighted by Crippen LogP contribution is -2.64. The van der Waals surface area contributed by atoms with Crippen LogP contribution in [0.1, 0.15) is 31.2 Å². The molecule has 3 aliphatic rings. The van der Waals surface area contributed by atoms with Gasteiger partial charge in [0.1, 0.15) is 0 Å². The minimum Gasteiger partial charge on any atom is -0.339 e. The van der Waals surface area contributed by atoms with E-state index >= 15 is 0 Å². The zero-order valence-corrected chi connectivity index (χ0v) is 17.8. The molecule has 7 heteroatoms.